The van der Waals surface area contributed by atoms with E-state index in [1.807, 2.05) is 0 Å². The average Bonchev–Trinajstić information content (AvgIpc) is 2.16. The number of ether oxygens (including phenoxy) is 1. The fourth-order valence-electron chi connectivity index (χ4n) is 1.06. The van der Waals surface area contributed by atoms with Gasteiger partial charge in [0.15, 0.2) is 11.6 Å². The van der Waals surface area contributed by atoms with E-state index in [9.17, 15) is 9.18 Å². The van der Waals surface area contributed by atoms with Crippen molar-refractivity contribution in [2.75, 3.05) is 21.2 Å². The zero-order valence-electron chi connectivity index (χ0n) is 8.37. The van der Waals surface area contributed by atoms with Crippen LogP contribution in [0.15, 0.2) is 18.2 Å². The largest absolute Gasteiger partial charge is 0.494 e. The summed E-state index contributed by atoms with van der Waals surface area (Å²) in [6, 6.07) is 4.14. The molecule has 1 aromatic rings. The number of amides is 1. The van der Waals surface area contributed by atoms with E-state index >= 15 is 0 Å². The predicted molar refractivity (Wildman–Crippen MR) is 51.0 cm³/mol. The molecule has 0 N–H and O–H groups in total. The summed E-state index contributed by atoms with van der Waals surface area (Å²) in [5.41, 5.74) is 0.313. The summed E-state index contributed by atoms with van der Waals surface area (Å²) >= 11 is 0. The number of rotatable bonds is 2. The van der Waals surface area contributed by atoms with E-state index in [0.717, 1.165) is 0 Å². The SMILES string of the molecule is COc1ccc(C(=O)N(C)C)cc1F. The van der Waals surface area contributed by atoms with E-state index in [2.05, 4.69) is 0 Å². The molecular formula is C10H12FNO2. The molecule has 0 saturated heterocycles. The molecule has 0 fully saturated rings. The molecule has 14 heavy (non-hydrogen) atoms. The highest BCUT2D eigenvalue weighted by Gasteiger charge is 2.10. The molecule has 4 heteroatoms. The van der Waals surface area contributed by atoms with E-state index in [4.69, 9.17) is 4.74 Å². The van der Waals surface area contributed by atoms with Crippen LogP contribution in [0.1, 0.15) is 10.4 Å². The Bertz CT molecular complexity index is 350. The van der Waals surface area contributed by atoms with Gasteiger partial charge in [0.1, 0.15) is 0 Å². The van der Waals surface area contributed by atoms with Crippen LogP contribution in [0, 0.1) is 5.82 Å². The van der Waals surface area contributed by atoms with Gasteiger partial charge in [-0.15, -0.1) is 0 Å². The first-order chi connectivity index (χ1) is 6.56. The summed E-state index contributed by atoms with van der Waals surface area (Å²) < 4.78 is 17.9. The minimum absolute atomic E-state index is 0.139. The molecule has 76 valence electrons. The molecule has 3 nitrogen and oxygen atoms in total. The zero-order valence-corrected chi connectivity index (χ0v) is 8.37. The fraction of sp³-hybridized carbons (Fsp3) is 0.300. The first-order valence-electron chi connectivity index (χ1n) is 4.11. The predicted octanol–water partition coefficient (Wildman–Crippen LogP) is 1.54. The van der Waals surface area contributed by atoms with Gasteiger partial charge in [-0.1, -0.05) is 0 Å². The van der Waals surface area contributed by atoms with Gasteiger partial charge in [0.05, 0.1) is 7.11 Å². The molecule has 0 heterocycles. The summed E-state index contributed by atoms with van der Waals surface area (Å²) in [5.74, 6) is -0.618. The highest BCUT2D eigenvalue weighted by molar-refractivity contribution is 5.94. The minimum Gasteiger partial charge on any atom is -0.494 e. The Morgan fingerprint density at radius 3 is 2.50 bits per heavy atom. The van der Waals surface area contributed by atoms with E-state index < -0.39 is 5.82 Å². The molecule has 0 aliphatic heterocycles. The molecule has 1 amide bonds. The van der Waals surface area contributed by atoms with Crippen LogP contribution in [0.3, 0.4) is 0 Å². The topological polar surface area (TPSA) is 29.5 Å². The maximum atomic E-state index is 13.2. The van der Waals surface area contributed by atoms with Gasteiger partial charge in [0.2, 0.25) is 0 Å². The molecule has 0 aromatic heterocycles. The van der Waals surface area contributed by atoms with Gasteiger partial charge in [-0.05, 0) is 18.2 Å². The van der Waals surface area contributed by atoms with Crippen molar-refractivity contribution < 1.29 is 13.9 Å². The monoisotopic (exact) mass is 197 g/mol. The van der Waals surface area contributed by atoms with Crippen molar-refractivity contribution in [3.8, 4) is 5.75 Å². The molecule has 0 atom stereocenters. The second-order valence-electron chi connectivity index (χ2n) is 3.05. The Morgan fingerprint density at radius 1 is 1.43 bits per heavy atom. The summed E-state index contributed by atoms with van der Waals surface area (Å²) in [5, 5.41) is 0. The van der Waals surface area contributed by atoms with Crippen LogP contribution in [-0.4, -0.2) is 32.0 Å². The lowest BCUT2D eigenvalue weighted by molar-refractivity contribution is 0.0827. The molecular weight excluding hydrogens is 185 g/mol. The first-order valence-corrected chi connectivity index (χ1v) is 4.11. The molecule has 0 radical (unpaired) electrons. The van der Waals surface area contributed by atoms with Gasteiger partial charge in [0.25, 0.3) is 5.91 Å². The smallest absolute Gasteiger partial charge is 0.253 e. The number of hydrogen-bond acceptors (Lipinski definition) is 2. The fourth-order valence-corrected chi connectivity index (χ4v) is 1.06. The second-order valence-corrected chi connectivity index (χ2v) is 3.05. The molecule has 0 saturated carbocycles. The van der Waals surface area contributed by atoms with E-state index in [1.165, 1.54) is 30.2 Å². The van der Waals surface area contributed by atoms with E-state index in [1.54, 1.807) is 14.1 Å². The highest BCUT2D eigenvalue weighted by Crippen LogP contribution is 2.18. The molecule has 0 aliphatic carbocycles. The number of nitrogens with zero attached hydrogens (tertiary/aromatic N) is 1. The van der Waals surface area contributed by atoms with Crippen LogP contribution in [0.4, 0.5) is 4.39 Å². The molecule has 1 rings (SSSR count). The Balaban J connectivity index is 3.03. The van der Waals surface area contributed by atoms with Gasteiger partial charge in [-0.3, -0.25) is 4.79 Å². The van der Waals surface area contributed by atoms with Crippen molar-refractivity contribution in [3.63, 3.8) is 0 Å². The van der Waals surface area contributed by atoms with Gasteiger partial charge >= 0.3 is 0 Å². The minimum atomic E-state index is -0.528. The Morgan fingerprint density at radius 2 is 2.07 bits per heavy atom. The average molecular weight is 197 g/mol. The summed E-state index contributed by atoms with van der Waals surface area (Å²) in [4.78, 5) is 12.8. The van der Waals surface area contributed by atoms with Gasteiger partial charge < -0.3 is 9.64 Å². The van der Waals surface area contributed by atoms with Crippen molar-refractivity contribution >= 4 is 5.91 Å². The van der Waals surface area contributed by atoms with Gasteiger partial charge in [0, 0.05) is 19.7 Å². The van der Waals surface area contributed by atoms with Crippen molar-refractivity contribution in [2.24, 2.45) is 0 Å². The third-order valence-corrected chi connectivity index (χ3v) is 1.80. The quantitative estimate of drug-likeness (QED) is 0.719. The third kappa shape index (κ3) is 2.02. The van der Waals surface area contributed by atoms with Gasteiger partial charge in [-0.2, -0.15) is 0 Å². The summed E-state index contributed by atoms with van der Waals surface area (Å²) in [6.45, 7) is 0. The molecule has 0 unspecified atom stereocenters. The number of carbonyl (C=O) groups is 1. The number of carbonyl (C=O) groups excluding carboxylic acids is 1. The van der Waals surface area contributed by atoms with Crippen LogP contribution in [0.25, 0.3) is 0 Å². The Hall–Kier alpha value is -1.58. The summed E-state index contributed by atoms with van der Waals surface area (Å²) in [7, 11) is 4.61. The molecule has 0 spiro atoms. The lowest BCUT2D eigenvalue weighted by Crippen LogP contribution is -2.21. The van der Waals surface area contributed by atoms with E-state index in [0.29, 0.717) is 5.56 Å². The second kappa shape index (κ2) is 4.09. The lowest BCUT2D eigenvalue weighted by Gasteiger charge is -2.10. The standard InChI is InChI=1S/C10H12FNO2/c1-12(2)10(13)7-4-5-9(14-3)8(11)6-7/h4-6H,1-3H3. The number of benzene rings is 1. The molecule has 0 bridgehead atoms. The van der Waals surface area contributed by atoms with Crippen LogP contribution >= 0.6 is 0 Å². The van der Waals surface area contributed by atoms with E-state index in [-0.39, 0.29) is 11.7 Å². The van der Waals surface area contributed by atoms with Crippen LogP contribution in [0.2, 0.25) is 0 Å². The van der Waals surface area contributed by atoms with Crippen LogP contribution in [0.5, 0.6) is 5.75 Å². The number of methoxy groups -OCH3 is 1. The van der Waals surface area contributed by atoms with Crippen molar-refractivity contribution in [2.45, 2.75) is 0 Å². The maximum Gasteiger partial charge on any atom is 0.253 e. The highest BCUT2D eigenvalue weighted by atomic mass is 19.1. The van der Waals surface area contributed by atoms with Crippen molar-refractivity contribution in [1.29, 1.82) is 0 Å². The number of hydrogen-bond donors (Lipinski definition) is 0. The third-order valence-electron chi connectivity index (χ3n) is 1.80. The zero-order chi connectivity index (χ0) is 10.7. The van der Waals surface area contributed by atoms with Crippen molar-refractivity contribution in [1.82, 2.24) is 4.90 Å². The van der Waals surface area contributed by atoms with Crippen LogP contribution in [-0.2, 0) is 0 Å². The maximum absolute atomic E-state index is 13.2. The first kappa shape index (κ1) is 10.5. The normalized spacial score (nSPS) is 9.71. The van der Waals surface area contributed by atoms with Crippen molar-refractivity contribution in [3.05, 3.63) is 29.6 Å². The lowest BCUT2D eigenvalue weighted by atomic mass is 10.2. The Labute approximate surface area is 82.1 Å². The molecule has 1 aromatic carbocycles. The Kier molecular flexibility index (Phi) is 3.06. The molecule has 0 aliphatic rings. The van der Waals surface area contributed by atoms with Gasteiger partial charge in [-0.25, -0.2) is 4.39 Å². The van der Waals surface area contributed by atoms with Crippen LogP contribution < -0.4 is 4.74 Å². The summed E-state index contributed by atoms with van der Waals surface area (Å²) in [6.07, 6.45) is 0. The number of halogens is 1.